The first-order chi connectivity index (χ1) is 7.03. The van der Waals surface area contributed by atoms with Crippen molar-refractivity contribution >= 4 is 9.84 Å². The zero-order valence-corrected chi connectivity index (χ0v) is 9.91. The van der Waals surface area contributed by atoms with E-state index in [-0.39, 0.29) is 12.6 Å². The maximum absolute atomic E-state index is 11.4. The topological polar surface area (TPSA) is 57.6 Å². The molecule has 88 valence electrons. The molecule has 0 aromatic carbocycles. The number of likely N-dealkylation sites (tertiary alicyclic amines) is 1. The van der Waals surface area contributed by atoms with E-state index in [9.17, 15) is 8.42 Å². The summed E-state index contributed by atoms with van der Waals surface area (Å²) in [5.41, 5.74) is 0. The van der Waals surface area contributed by atoms with E-state index >= 15 is 0 Å². The van der Waals surface area contributed by atoms with E-state index in [2.05, 4.69) is 11.8 Å². The Bertz CT molecular complexity index is 328. The maximum Gasteiger partial charge on any atom is 0.151 e. The second-order valence-corrected chi connectivity index (χ2v) is 7.00. The predicted octanol–water partition coefficient (Wildman–Crippen LogP) is -0.124. The lowest BCUT2D eigenvalue weighted by molar-refractivity contribution is 0.151. The zero-order valence-electron chi connectivity index (χ0n) is 9.09. The van der Waals surface area contributed by atoms with Gasteiger partial charge >= 0.3 is 0 Å². The van der Waals surface area contributed by atoms with Gasteiger partial charge in [-0.05, 0) is 32.2 Å². The van der Waals surface area contributed by atoms with Gasteiger partial charge in [0.15, 0.2) is 9.84 Å². The van der Waals surface area contributed by atoms with E-state index in [1.165, 1.54) is 0 Å². The van der Waals surface area contributed by atoms with Crippen LogP contribution >= 0.6 is 0 Å². The molecule has 2 fully saturated rings. The summed E-state index contributed by atoms with van der Waals surface area (Å²) in [5, 5.41) is 9.15. The van der Waals surface area contributed by atoms with Crippen molar-refractivity contribution in [2.45, 2.75) is 31.8 Å². The van der Waals surface area contributed by atoms with Crippen molar-refractivity contribution in [1.82, 2.24) is 4.90 Å². The van der Waals surface area contributed by atoms with Crippen molar-refractivity contribution in [3.63, 3.8) is 0 Å². The maximum atomic E-state index is 11.4. The van der Waals surface area contributed by atoms with Crippen LogP contribution in [0.4, 0.5) is 0 Å². The Hall–Kier alpha value is -0.130. The number of hydrogen-bond donors (Lipinski definition) is 1. The van der Waals surface area contributed by atoms with E-state index in [1.807, 2.05) is 0 Å². The van der Waals surface area contributed by atoms with Gasteiger partial charge in [-0.25, -0.2) is 8.42 Å². The van der Waals surface area contributed by atoms with Gasteiger partial charge in [0.1, 0.15) is 0 Å². The Morgan fingerprint density at radius 3 is 2.60 bits per heavy atom. The number of hydrogen-bond acceptors (Lipinski definition) is 4. The average Bonchev–Trinajstić information content (AvgIpc) is 2.69. The lowest BCUT2D eigenvalue weighted by atomic mass is 10.0. The second kappa shape index (κ2) is 4.03. The minimum atomic E-state index is -2.78. The molecule has 2 rings (SSSR count). The fourth-order valence-electron chi connectivity index (χ4n) is 2.83. The number of aliphatic hydroxyl groups excluding tert-OH is 1. The van der Waals surface area contributed by atoms with Crippen LogP contribution in [0.5, 0.6) is 0 Å². The van der Waals surface area contributed by atoms with Crippen LogP contribution in [0.3, 0.4) is 0 Å². The quantitative estimate of drug-likeness (QED) is 0.722. The lowest BCUT2D eigenvalue weighted by Gasteiger charge is -2.28. The molecule has 2 aliphatic rings. The summed E-state index contributed by atoms with van der Waals surface area (Å²) in [5.74, 6) is 0.980. The Kier molecular flexibility index (Phi) is 3.05. The molecule has 3 unspecified atom stereocenters. The highest BCUT2D eigenvalue weighted by Gasteiger charge is 2.39. The fraction of sp³-hybridized carbons (Fsp3) is 1.00. The van der Waals surface area contributed by atoms with E-state index in [0.29, 0.717) is 23.5 Å². The molecule has 0 aromatic rings. The SMILES string of the molecule is CC1C(CO)CCN1C1CCS(=O)(=O)C1. The molecule has 0 amide bonds. The second-order valence-electron chi connectivity index (χ2n) is 4.77. The Balaban J connectivity index is 2.02. The van der Waals surface area contributed by atoms with Crippen LogP contribution in [-0.2, 0) is 9.84 Å². The summed E-state index contributed by atoms with van der Waals surface area (Å²) >= 11 is 0. The summed E-state index contributed by atoms with van der Waals surface area (Å²) in [6, 6.07) is 0.523. The molecule has 0 aromatic heterocycles. The molecule has 5 heteroatoms. The molecule has 0 spiro atoms. The highest BCUT2D eigenvalue weighted by Crippen LogP contribution is 2.29. The van der Waals surface area contributed by atoms with Crippen molar-refractivity contribution in [1.29, 1.82) is 0 Å². The molecule has 15 heavy (non-hydrogen) atoms. The highest BCUT2D eigenvalue weighted by atomic mass is 32.2. The smallest absolute Gasteiger partial charge is 0.151 e. The largest absolute Gasteiger partial charge is 0.396 e. The van der Waals surface area contributed by atoms with Crippen LogP contribution in [0, 0.1) is 5.92 Å². The molecular formula is C10H19NO3S. The molecule has 2 saturated heterocycles. The predicted molar refractivity (Wildman–Crippen MR) is 58.4 cm³/mol. The molecule has 0 aliphatic carbocycles. The first-order valence-electron chi connectivity index (χ1n) is 5.60. The van der Waals surface area contributed by atoms with E-state index in [1.54, 1.807) is 0 Å². The van der Waals surface area contributed by atoms with Gasteiger partial charge in [0.25, 0.3) is 0 Å². The molecule has 2 aliphatic heterocycles. The number of aliphatic hydroxyl groups is 1. The number of nitrogens with zero attached hydrogens (tertiary/aromatic N) is 1. The van der Waals surface area contributed by atoms with Crippen molar-refractivity contribution in [2.75, 3.05) is 24.7 Å². The standard InChI is InChI=1S/C10H19NO3S/c1-8-9(6-12)2-4-11(8)10-3-5-15(13,14)7-10/h8-10,12H,2-7H2,1H3. The summed E-state index contributed by atoms with van der Waals surface area (Å²) in [6.45, 7) is 3.25. The third kappa shape index (κ3) is 2.19. The van der Waals surface area contributed by atoms with Crippen molar-refractivity contribution < 1.29 is 13.5 Å². The lowest BCUT2D eigenvalue weighted by Crippen LogP contribution is -2.40. The van der Waals surface area contributed by atoms with Gasteiger partial charge < -0.3 is 5.11 Å². The van der Waals surface area contributed by atoms with E-state index in [0.717, 1.165) is 19.4 Å². The van der Waals surface area contributed by atoms with Crippen LogP contribution < -0.4 is 0 Å². The van der Waals surface area contributed by atoms with E-state index in [4.69, 9.17) is 5.11 Å². The van der Waals surface area contributed by atoms with Gasteiger partial charge in [0, 0.05) is 18.7 Å². The minimum absolute atomic E-state index is 0.196. The molecule has 1 N–H and O–H groups in total. The summed E-state index contributed by atoms with van der Waals surface area (Å²) in [4.78, 5) is 2.27. The van der Waals surface area contributed by atoms with Gasteiger partial charge in [-0.1, -0.05) is 0 Å². The average molecular weight is 233 g/mol. The summed E-state index contributed by atoms with van der Waals surface area (Å²) in [6.07, 6.45) is 1.76. The summed E-state index contributed by atoms with van der Waals surface area (Å²) in [7, 11) is -2.78. The van der Waals surface area contributed by atoms with Gasteiger partial charge in [-0.3, -0.25) is 4.90 Å². The third-order valence-electron chi connectivity index (χ3n) is 3.88. The van der Waals surface area contributed by atoms with Crippen LogP contribution in [-0.4, -0.2) is 55.2 Å². The minimum Gasteiger partial charge on any atom is -0.396 e. The highest BCUT2D eigenvalue weighted by molar-refractivity contribution is 7.91. The number of rotatable bonds is 2. The molecule has 0 saturated carbocycles. The molecule has 0 radical (unpaired) electrons. The number of sulfone groups is 1. The normalized spacial score (nSPS) is 41.1. The molecule has 2 heterocycles. The Labute approximate surface area is 91.2 Å². The fourth-order valence-corrected chi connectivity index (χ4v) is 4.57. The Morgan fingerprint density at radius 2 is 2.13 bits per heavy atom. The van der Waals surface area contributed by atoms with Crippen molar-refractivity contribution in [2.24, 2.45) is 5.92 Å². The van der Waals surface area contributed by atoms with Crippen molar-refractivity contribution in [3.8, 4) is 0 Å². The van der Waals surface area contributed by atoms with Crippen molar-refractivity contribution in [3.05, 3.63) is 0 Å². The van der Waals surface area contributed by atoms with E-state index < -0.39 is 9.84 Å². The Morgan fingerprint density at radius 1 is 1.40 bits per heavy atom. The van der Waals surface area contributed by atoms with Gasteiger partial charge in [-0.15, -0.1) is 0 Å². The van der Waals surface area contributed by atoms with Crippen LogP contribution in [0.25, 0.3) is 0 Å². The van der Waals surface area contributed by atoms with Gasteiger partial charge in [-0.2, -0.15) is 0 Å². The third-order valence-corrected chi connectivity index (χ3v) is 5.63. The first-order valence-corrected chi connectivity index (χ1v) is 7.42. The molecule has 3 atom stereocenters. The van der Waals surface area contributed by atoms with Crippen LogP contribution in [0.2, 0.25) is 0 Å². The molecule has 4 nitrogen and oxygen atoms in total. The van der Waals surface area contributed by atoms with Crippen LogP contribution in [0.15, 0.2) is 0 Å². The zero-order chi connectivity index (χ0) is 11.1. The van der Waals surface area contributed by atoms with Gasteiger partial charge in [0.2, 0.25) is 0 Å². The molecular weight excluding hydrogens is 214 g/mol. The first kappa shape index (κ1) is 11.4. The van der Waals surface area contributed by atoms with Gasteiger partial charge in [0.05, 0.1) is 11.5 Å². The molecule has 0 bridgehead atoms. The summed E-state index contributed by atoms with van der Waals surface area (Å²) < 4.78 is 22.8. The van der Waals surface area contributed by atoms with Crippen LogP contribution in [0.1, 0.15) is 19.8 Å². The monoisotopic (exact) mass is 233 g/mol.